The van der Waals surface area contributed by atoms with Crippen LogP contribution >= 0.6 is 11.8 Å². The van der Waals surface area contributed by atoms with Gasteiger partial charge in [-0.1, -0.05) is 6.42 Å². The molecule has 1 aliphatic carbocycles. The van der Waals surface area contributed by atoms with Crippen molar-refractivity contribution in [3.8, 4) is 0 Å². The molecule has 0 unspecified atom stereocenters. The van der Waals surface area contributed by atoms with Crippen molar-refractivity contribution in [3.05, 3.63) is 17.5 Å². The summed E-state index contributed by atoms with van der Waals surface area (Å²) in [4.78, 5) is 14.6. The standard InChI is InChI=1S/C17H26N4OS/c22-17(13-3-1-4-13)18-10-14-9-16-11-20(6-7-21(16)19-14)15-5-2-8-23-12-15/h9,13,15H,1-8,10-12H2,(H,18,22)/t15-/m0/s1. The molecule has 2 aliphatic heterocycles. The van der Waals surface area contributed by atoms with Crippen LogP contribution in [-0.2, 0) is 24.4 Å². The molecule has 3 aliphatic rings. The van der Waals surface area contributed by atoms with E-state index in [0.29, 0.717) is 6.54 Å². The molecule has 6 heteroatoms. The van der Waals surface area contributed by atoms with Crippen LogP contribution in [0.1, 0.15) is 43.5 Å². The van der Waals surface area contributed by atoms with Crippen molar-refractivity contribution >= 4 is 17.7 Å². The topological polar surface area (TPSA) is 50.2 Å². The van der Waals surface area contributed by atoms with E-state index in [-0.39, 0.29) is 11.8 Å². The van der Waals surface area contributed by atoms with Crippen LogP contribution in [-0.4, -0.2) is 44.7 Å². The number of carbonyl (C=O) groups excluding carboxylic acids is 1. The van der Waals surface area contributed by atoms with Crippen molar-refractivity contribution < 1.29 is 4.79 Å². The van der Waals surface area contributed by atoms with E-state index in [0.717, 1.165) is 44.2 Å². The number of hydrogen-bond donors (Lipinski definition) is 1. The number of nitrogens with zero attached hydrogens (tertiary/aromatic N) is 3. The third-order valence-electron chi connectivity index (χ3n) is 5.45. The molecule has 3 heterocycles. The highest BCUT2D eigenvalue weighted by molar-refractivity contribution is 7.99. The first kappa shape index (κ1) is 15.5. The van der Waals surface area contributed by atoms with Crippen molar-refractivity contribution in [2.75, 3.05) is 18.1 Å². The fraction of sp³-hybridized carbons (Fsp3) is 0.765. The first-order valence-electron chi connectivity index (χ1n) is 8.95. The van der Waals surface area contributed by atoms with Crippen molar-refractivity contribution in [1.29, 1.82) is 0 Å². The Balaban J connectivity index is 1.34. The molecule has 1 saturated carbocycles. The van der Waals surface area contributed by atoms with Gasteiger partial charge in [0.2, 0.25) is 5.91 Å². The van der Waals surface area contributed by atoms with Crippen molar-refractivity contribution in [3.63, 3.8) is 0 Å². The Bertz CT molecular complexity index is 563. The van der Waals surface area contributed by atoms with E-state index in [1.54, 1.807) is 0 Å². The number of nitrogens with one attached hydrogen (secondary N) is 1. The Morgan fingerprint density at radius 1 is 1.30 bits per heavy atom. The van der Waals surface area contributed by atoms with Gasteiger partial charge in [0.05, 0.1) is 24.5 Å². The van der Waals surface area contributed by atoms with E-state index in [9.17, 15) is 4.79 Å². The van der Waals surface area contributed by atoms with Crippen LogP contribution in [0.15, 0.2) is 6.07 Å². The maximum Gasteiger partial charge on any atom is 0.223 e. The Kier molecular flexibility index (Phi) is 4.62. The van der Waals surface area contributed by atoms with Gasteiger partial charge in [-0.25, -0.2) is 0 Å². The molecule has 1 aromatic rings. The second-order valence-electron chi connectivity index (χ2n) is 7.04. The van der Waals surface area contributed by atoms with Crippen molar-refractivity contribution in [2.45, 2.75) is 57.8 Å². The highest BCUT2D eigenvalue weighted by Crippen LogP contribution is 2.27. The molecule has 126 valence electrons. The van der Waals surface area contributed by atoms with Gasteiger partial charge in [0.15, 0.2) is 0 Å². The lowest BCUT2D eigenvalue weighted by Crippen LogP contribution is -2.43. The highest BCUT2D eigenvalue weighted by atomic mass is 32.2. The fourth-order valence-electron chi connectivity index (χ4n) is 3.75. The molecule has 1 saturated heterocycles. The van der Waals surface area contributed by atoms with Crippen LogP contribution in [0, 0.1) is 5.92 Å². The van der Waals surface area contributed by atoms with E-state index in [1.165, 1.54) is 36.5 Å². The second-order valence-corrected chi connectivity index (χ2v) is 8.19. The molecule has 1 atom stereocenters. The number of aromatic nitrogens is 2. The monoisotopic (exact) mass is 334 g/mol. The van der Waals surface area contributed by atoms with Crippen LogP contribution < -0.4 is 5.32 Å². The molecule has 0 spiro atoms. The number of amides is 1. The fourth-order valence-corrected chi connectivity index (χ4v) is 4.94. The number of carbonyl (C=O) groups is 1. The summed E-state index contributed by atoms with van der Waals surface area (Å²) in [5, 5.41) is 7.73. The predicted octanol–water partition coefficient (Wildman–Crippen LogP) is 2.01. The molecule has 23 heavy (non-hydrogen) atoms. The lowest BCUT2D eigenvalue weighted by Gasteiger charge is -2.36. The molecular weight excluding hydrogens is 308 g/mol. The van der Waals surface area contributed by atoms with Gasteiger partial charge in [-0.2, -0.15) is 16.9 Å². The number of hydrogen-bond acceptors (Lipinski definition) is 4. The van der Waals surface area contributed by atoms with Crippen LogP contribution in [0.5, 0.6) is 0 Å². The normalized spacial score (nSPS) is 25.7. The summed E-state index contributed by atoms with van der Waals surface area (Å²) >= 11 is 2.09. The molecule has 0 aromatic carbocycles. The van der Waals surface area contributed by atoms with Gasteiger partial charge in [0.1, 0.15) is 0 Å². The Morgan fingerprint density at radius 2 is 2.22 bits per heavy atom. The number of rotatable bonds is 4. The minimum absolute atomic E-state index is 0.211. The zero-order valence-electron chi connectivity index (χ0n) is 13.7. The summed E-state index contributed by atoms with van der Waals surface area (Å²) < 4.78 is 2.14. The maximum atomic E-state index is 11.9. The molecule has 1 N–H and O–H groups in total. The molecule has 1 amide bonds. The zero-order valence-corrected chi connectivity index (χ0v) is 14.5. The minimum Gasteiger partial charge on any atom is -0.350 e. The van der Waals surface area contributed by atoms with E-state index < -0.39 is 0 Å². The maximum absolute atomic E-state index is 11.9. The highest BCUT2D eigenvalue weighted by Gasteiger charge is 2.27. The lowest BCUT2D eigenvalue weighted by molar-refractivity contribution is -0.127. The summed E-state index contributed by atoms with van der Waals surface area (Å²) in [7, 11) is 0. The summed E-state index contributed by atoms with van der Waals surface area (Å²) in [6, 6.07) is 2.92. The smallest absolute Gasteiger partial charge is 0.223 e. The summed E-state index contributed by atoms with van der Waals surface area (Å²) in [6.07, 6.45) is 6.00. The van der Waals surface area contributed by atoms with E-state index >= 15 is 0 Å². The minimum atomic E-state index is 0.211. The average Bonchev–Trinajstić information content (AvgIpc) is 2.94. The molecule has 0 bridgehead atoms. The Labute approximate surface area is 142 Å². The van der Waals surface area contributed by atoms with Gasteiger partial charge in [-0.3, -0.25) is 14.4 Å². The SMILES string of the molecule is O=C(NCc1cc2n(n1)CCN([C@H]1CCCSC1)C2)C1CCC1. The molecule has 0 radical (unpaired) electrons. The number of fused-ring (bicyclic) bond motifs is 1. The summed E-state index contributed by atoms with van der Waals surface area (Å²) in [5.41, 5.74) is 2.31. The van der Waals surface area contributed by atoms with Crippen molar-refractivity contribution in [2.24, 2.45) is 5.92 Å². The third-order valence-corrected chi connectivity index (χ3v) is 6.65. The zero-order chi connectivity index (χ0) is 15.6. The molecule has 4 rings (SSSR count). The molecular formula is C17H26N4OS. The van der Waals surface area contributed by atoms with Gasteiger partial charge in [-0.15, -0.1) is 0 Å². The second kappa shape index (κ2) is 6.85. The first-order valence-corrected chi connectivity index (χ1v) is 10.1. The van der Waals surface area contributed by atoms with Crippen LogP contribution in [0.25, 0.3) is 0 Å². The predicted molar refractivity (Wildman–Crippen MR) is 92.2 cm³/mol. The number of thioether (sulfide) groups is 1. The first-order chi connectivity index (χ1) is 11.3. The molecule has 2 fully saturated rings. The Hall–Kier alpha value is -1.01. The molecule has 5 nitrogen and oxygen atoms in total. The van der Waals surface area contributed by atoms with Gasteiger partial charge in [0, 0.05) is 30.8 Å². The van der Waals surface area contributed by atoms with Crippen LogP contribution in [0.2, 0.25) is 0 Å². The summed E-state index contributed by atoms with van der Waals surface area (Å²) in [5.74, 6) is 3.07. The third kappa shape index (κ3) is 3.43. The van der Waals surface area contributed by atoms with Crippen LogP contribution in [0.3, 0.4) is 0 Å². The quantitative estimate of drug-likeness (QED) is 0.915. The van der Waals surface area contributed by atoms with E-state index in [2.05, 4.69) is 37.8 Å². The van der Waals surface area contributed by atoms with Gasteiger partial charge >= 0.3 is 0 Å². The largest absolute Gasteiger partial charge is 0.350 e. The van der Waals surface area contributed by atoms with E-state index in [1.807, 2.05) is 0 Å². The van der Waals surface area contributed by atoms with Gasteiger partial charge < -0.3 is 5.32 Å². The summed E-state index contributed by atoms with van der Waals surface area (Å²) in [6.45, 7) is 3.67. The van der Waals surface area contributed by atoms with E-state index in [4.69, 9.17) is 0 Å². The van der Waals surface area contributed by atoms with Gasteiger partial charge in [0.25, 0.3) is 0 Å². The lowest BCUT2D eigenvalue weighted by atomic mass is 9.85. The Morgan fingerprint density at radius 3 is 2.96 bits per heavy atom. The molecule has 1 aromatic heterocycles. The van der Waals surface area contributed by atoms with Crippen LogP contribution in [0.4, 0.5) is 0 Å². The van der Waals surface area contributed by atoms with Crippen molar-refractivity contribution in [1.82, 2.24) is 20.0 Å². The average molecular weight is 334 g/mol. The van der Waals surface area contributed by atoms with Gasteiger partial charge in [-0.05, 0) is 37.5 Å².